The zero-order chi connectivity index (χ0) is 8.65. The van der Waals surface area contributed by atoms with Gasteiger partial charge in [-0.05, 0) is 12.1 Å². The standard InChI is InChI=1S/C11H15N.ClH/c1-2-12-10-6-9-11-7-4-3-5-8-11;/h3-9,12H,2,10H2,1H3;1H/b9-6+;. The normalized spacial score (nSPS) is 9.92. The van der Waals surface area contributed by atoms with Gasteiger partial charge in [-0.2, -0.15) is 0 Å². The molecule has 72 valence electrons. The predicted molar refractivity (Wildman–Crippen MR) is 61.3 cm³/mol. The van der Waals surface area contributed by atoms with Crippen molar-refractivity contribution in [2.24, 2.45) is 0 Å². The maximum absolute atomic E-state index is 3.23. The van der Waals surface area contributed by atoms with Gasteiger partial charge in [-0.25, -0.2) is 0 Å². The van der Waals surface area contributed by atoms with E-state index < -0.39 is 0 Å². The maximum atomic E-state index is 3.23. The fraction of sp³-hybridized carbons (Fsp3) is 0.273. The highest BCUT2D eigenvalue weighted by Crippen LogP contribution is 1.99. The minimum absolute atomic E-state index is 0. The lowest BCUT2D eigenvalue weighted by Crippen LogP contribution is -2.11. The van der Waals surface area contributed by atoms with Crippen molar-refractivity contribution in [3.63, 3.8) is 0 Å². The molecule has 0 unspecified atom stereocenters. The zero-order valence-electron chi connectivity index (χ0n) is 7.86. The molecule has 0 radical (unpaired) electrons. The van der Waals surface area contributed by atoms with Crippen molar-refractivity contribution in [3.05, 3.63) is 42.0 Å². The molecule has 13 heavy (non-hydrogen) atoms. The van der Waals surface area contributed by atoms with Crippen LogP contribution in [-0.4, -0.2) is 13.1 Å². The third-order valence-corrected chi connectivity index (χ3v) is 1.62. The van der Waals surface area contributed by atoms with Gasteiger partial charge in [-0.3, -0.25) is 0 Å². The number of hydrogen-bond donors (Lipinski definition) is 1. The van der Waals surface area contributed by atoms with Crippen molar-refractivity contribution < 1.29 is 0 Å². The number of rotatable bonds is 4. The molecule has 1 rings (SSSR count). The van der Waals surface area contributed by atoms with Crippen LogP contribution in [0.4, 0.5) is 0 Å². The molecule has 0 aliphatic rings. The molecule has 1 aromatic carbocycles. The molecule has 2 heteroatoms. The molecular weight excluding hydrogens is 182 g/mol. The molecule has 0 amide bonds. The van der Waals surface area contributed by atoms with E-state index in [2.05, 4.69) is 36.5 Å². The number of halogens is 1. The van der Waals surface area contributed by atoms with Gasteiger partial charge in [0.15, 0.2) is 0 Å². The highest BCUT2D eigenvalue weighted by Gasteiger charge is 1.80. The van der Waals surface area contributed by atoms with Crippen molar-refractivity contribution in [1.82, 2.24) is 5.32 Å². The quantitative estimate of drug-likeness (QED) is 0.732. The van der Waals surface area contributed by atoms with E-state index in [1.807, 2.05) is 18.2 Å². The van der Waals surface area contributed by atoms with E-state index in [1.165, 1.54) is 5.56 Å². The highest BCUT2D eigenvalue weighted by molar-refractivity contribution is 5.85. The van der Waals surface area contributed by atoms with E-state index in [0.717, 1.165) is 13.1 Å². The van der Waals surface area contributed by atoms with Crippen LogP contribution in [0.15, 0.2) is 36.4 Å². The largest absolute Gasteiger partial charge is 0.314 e. The second-order valence-corrected chi connectivity index (χ2v) is 2.62. The fourth-order valence-corrected chi connectivity index (χ4v) is 0.987. The Morgan fingerprint density at radius 2 is 1.92 bits per heavy atom. The van der Waals surface area contributed by atoms with Crippen LogP contribution in [0.1, 0.15) is 12.5 Å². The smallest absolute Gasteiger partial charge is 0.0138 e. The molecule has 0 spiro atoms. The average Bonchev–Trinajstić information content (AvgIpc) is 2.14. The molecule has 0 atom stereocenters. The van der Waals surface area contributed by atoms with E-state index in [-0.39, 0.29) is 12.4 Å². The third kappa shape index (κ3) is 5.45. The lowest BCUT2D eigenvalue weighted by atomic mass is 10.2. The van der Waals surface area contributed by atoms with Gasteiger partial charge in [0.2, 0.25) is 0 Å². The molecule has 0 aliphatic carbocycles. The van der Waals surface area contributed by atoms with Gasteiger partial charge >= 0.3 is 0 Å². The van der Waals surface area contributed by atoms with Crippen LogP contribution in [0, 0.1) is 0 Å². The summed E-state index contributed by atoms with van der Waals surface area (Å²) in [4.78, 5) is 0. The van der Waals surface area contributed by atoms with Crippen molar-refractivity contribution in [1.29, 1.82) is 0 Å². The molecule has 1 nitrogen and oxygen atoms in total. The maximum Gasteiger partial charge on any atom is 0.0138 e. The van der Waals surface area contributed by atoms with Gasteiger partial charge in [-0.1, -0.05) is 49.4 Å². The molecule has 1 aromatic rings. The molecule has 0 saturated carbocycles. The van der Waals surface area contributed by atoms with Gasteiger partial charge in [0.25, 0.3) is 0 Å². The Bertz CT molecular complexity index is 231. The fourth-order valence-electron chi connectivity index (χ4n) is 0.987. The minimum atomic E-state index is 0. The first kappa shape index (κ1) is 12.2. The topological polar surface area (TPSA) is 12.0 Å². The van der Waals surface area contributed by atoms with Crippen LogP contribution in [0.25, 0.3) is 6.08 Å². The van der Waals surface area contributed by atoms with Crippen molar-refractivity contribution in [2.45, 2.75) is 6.92 Å². The minimum Gasteiger partial charge on any atom is -0.314 e. The van der Waals surface area contributed by atoms with Crippen molar-refractivity contribution in [3.8, 4) is 0 Å². The van der Waals surface area contributed by atoms with Crippen LogP contribution in [0.2, 0.25) is 0 Å². The van der Waals surface area contributed by atoms with Crippen molar-refractivity contribution >= 4 is 18.5 Å². The Labute approximate surface area is 86.3 Å². The zero-order valence-corrected chi connectivity index (χ0v) is 8.68. The van der Waals surface area contributed by atoms with Crippen LogP contribution in [-0.2, 0) is 0 Å². The first-order chi connectivity index (χ1) is 5.93. The van der Waals surface area contributed by atoms with Crippen LogP contribution >= 0.6 is 12.4 Å². The molecule has 0 bridgehead atoms. The molecule has 0 aromatic heterocycles. The number of benzene rings is 1. The number of hydrogen-bond acceptors (Lipinski definition) is 1. The third-order valence-electron chi connectivity index (χ3n) is 1.62. The van der Waals surface area contributed by atoms with E-state index in [4.69, 9.17) is 0 Å². The number of likely N-dealkylation sites (N-methyl/N-ethyl adjacent to an activating group) is 1. The van der Waals surface area contributed by atoms with Gasteiger partial charge < -0.3 is 5.32 Å². The Morgan fingerprint density at radius 1 is 1.23 bits per heavy atom. The second-order valence-electron chi connectivity index (χ2n) is 2.62. The van der Waals surface area contributed by atoms with E-state index in [9.17, 15) is 0 Å². The predicted octanol–water partition coefficient (Wildman–Crippen LogP) is 2.73. The highest BCUT2D eigenvalue weighted by atomic mass is 35.5. The summed E-state index contributed by atoms with van der Waals surface area (Å²) in [6.45, 7) is 4.08. The molecule has 0 saturated heterocycles. The summed E-state index contributed by atoms with van der Waals surface area (Å²) in [5.74, 6) is 0. The Kier molecular flexibility index (Phi) is 7.36. The Balaban J connectivity index is 0.00000144. The summed E-state index contributed by atoms with van der Waals surface area (Å²) in [5, 5.41) is 3.23. The van der Waals surface area contributed by atoms with E-state index in [0.29, 0.717) is 0 Å². The average molecular weight is 198 g/mol. The summed E-state index contributed by atoms with van der Waals surface area (Å²) in [6.07, 6.45) is 4.27. The first-order valence-electron chi connectivity index (χ1n) is 4.36. The summed E-state index contributed by atoms with van der Waals surface area (Å²) in [6, 6.07) is 10.3. The Morgan fingerprint density at radius 3 is 2.54 bits per heavy atom. The summed E-state index contributed by atoms with van der Waals surface area (Å²) in [7, 11) is 0. The SMILES string of the molecule is CCNC/C=C/c1ccccc1.Cl. The molecule has 0 heterocycles. The summed E-state index contributed by atoms with van der Waals surface area (Å²) >= 11 is 0. The van der Waals surface area contributed by atoms with Crippen LogP contribution in [0.3, 0.4) is 0 Å². The van der Waals surface area contributed by atoms with Gasteiger partial charge in [0.1, 0.15) is 0 Å². The lowest BCUT2D eigenvalue weighted by Gasteiger charge is -1.93. The second kappa shape index (κ2) is 7.84. The first-order valence-corrected chi connectivity index (χ1v) is 4.36. The van der Waals surface area contributed by atoms with Crippen molar-refractivity contribution in [2.75, 3.05) is 13.1 Å². The number of nitrogens with one attached hydrogen (secondary N) is 1. The van der Waals surface area contributed by atoms with Gasteiger partial charge in [0.05, 0.1) is 0 Å². The molecule has 0 aliphatic heterocycles. The van der Waals surface area contributed by atoms with E-state index in [1.54, 1.807) is 0 Å². The molecular formula is C11H16ClN. The van der Waals surface area contributed by atoms with Crippen LogP contribution < -0.4 is 5.32 Å². The van der Waals surface area contributed by atoms with E-state index >= 15 is 0 Å². The Hall–Kier alpha value is -0.790. The molecule has 0 fully saturated rings. The van der Waals surface area contributed by atoms with Gasteiger partial charge in [0, 0.05) is 6.54 Å². The molecule has 1 N–H and O–H groups in total. The lowest BCUT2D eigenvalue weighted by molar-refractivity contribution is 0.801. The van der Waals surface area contributed by atoms with Crippen LogP contribution in [0.5, 0.6) is 0 Å². The monoisotopic (exact) mass is 197 g/mol. The summed E-state index contributed by atoms with van der Waals surface area (Å²) < 4.78 is 0. The summed E-state index contributed by atoms with van der Waals surface area (Å²) in [5.41, 5.74) is 1.26. The van der Waals surface area contributed by atoms with Gasteiger partial charge in [-0.15, -0.1) is 12.4 Å².